The molecule has 0 unspecified atom stereocenters. The molecule has 2 rings (SSSR count). The molecule has 0 heterocycles. The van der Waals surface area contributed by atoms with Crippen LogP contribution >= 0.6 is 35.0 Å². The van der Waals surface area contributed by atoms with Gasteiger partial charge in [0.1, 0.15) is 6.04 Å². The van der Waals surface area contributed by atoms with Gasteiger partial charge in [-0.3, -0.25) is 9.59 Å². The fourth-order valence-electron chi connectivity index (χ4n) is 2.77. The van der Waals surface area contributed by atoms with Crippen molar-refractivity contribution in [1.29, 1.82) is 0 Å². The number of hydrogen-bond donors (Lipinski definition) is 1. The second kappa shape index (κ2) is 10.7. The zero-order valence-corrected chi connectivity index (χ0v) is 18.5. The highest BCUT2D eigenvalue weighted by Gasteiger charge is 2.25. The van der Waals surface area contributed by atoms with Crippen LogP contribution in [0.3, 0.4) is 0 Å². The first kappa shape index (κ1) is 22.6. The van der Waals surface area contributed by atoms with Gasteiger partial charge in [-0.2, -0.15) is 0 Å². The van der Waals surface area contributed by atoms with Crippen LogP contribution < -0.4 is 5.32 Å². The highest BCUT2D eigenvalue weighted by atomic mass is 35.5. The second-order valence-electron chi connectivity index (χ2n) is 6.53. The van der Waals surface area contributed by atoms with Gasteiger partial charge in [-0.15, -0.1) is 11.8 Å². The van der Waals surface area contributed by atoms with Gasteiger partial charge in [0.05, 0.1) is 5.75 Å². The molecule has 0 aliphatic rings. The molecule has 0 bridgehead atoms. The molecule has 28 heavy (non-hydrogen) atoms. The third-order valence-electron chi connectivity index (χ3n) is 4.35. The van der Waals surface area contributed by atoms with E-state index in [4.69, 9.17) is 23.2 Å². The van der Waals surface area contributed by atoms with E-state index >= 15 is 0 Å². The second-order valence-corrected chi connectivity index (χ2v) is 8.36. The molecule has 4 nitrogen and oxygen atoms in total. The Morgan fingerprint density at radius 1 is 1.18 bits per heavy atom. The van der Waals surface area contributed by atoms with Crippen LogP contribution in [0.5, 0.6) is 0 Å². The van der Waals surface area contributed by atoms with Gasteiger partial charge in [-0.1, -0.05) is 59.1 Å². The van der Waals surface area contributed by atoms with Crippen LogP contribution in [0.25, 0.3) is 0 Å². The molecule has 0 saturated heterocycles. The molecule has 1 atom stereocenters. The molecule has 0 spiro atoms. The SMILES string of the molecule is CNC(=O)[C@H](C)N(Cc1cccc(C)c1)C(=O)CSCc1ccc(Cl)cc1Cl. The average molecular weight is 439 g/mol. The molecule has 7 heteroatoms. The Labute approximate surface area is 180 Å². The van der Waals surface area contributed by atoms with Crippen molar-refractivity contribution in [2.24, 2.45) is 0 Å². The van der Waals surface area contributed by atoms with Gasteiger partial charge in [0, 0.05) is 29.4 Å². The van der Waals surface area contributed by atoms with E-state index < -0.39 is 6.04 Å². The number of nitrogens with zero attached hydrogens (tertiary/aromatic N) is 1. The van der Waals surface area contributed by atoms with Crippen LogP contribution in [0.15, 0.2) is 42.5 Å². The van der Waals surface area contributed by atoms with Crippen molar-refractivity contribution in [2.75, 3.05) is 12.8 Å². The van der Waals surface area contributed by atoms with E-state index in [1.807, 2.05) is 37.3 Å². The number of hydrogen-bond acceptors (Lipinski definition) is 3. The number of benzene rings is 2. The zero-order valence-electron chi connectivity index (χ0n) is 16.2. The number of carbonyl (C=O) groups is 2. The highest BCUT2D eigenvalue weighted by molar-refractivity contribution is 7.99. The van der Waals surface area contributed by atoms with Gasteiger partial charge in [-0.25, -0.2) is 0 Å². The van der Waals surface area contributed by atoms with Crippen LogP contribution in [0.4, 0.5) is 0 Å². The first-order valence-corrected chi connectivity index (χ1v) is 10.8. The van der Waals surface area contributed by atoms with Crippen LogP contribution in [0.1, 0.15) is 23.6 Å². The van der Waals surface area contributed by atoms with Crippen LogP contribution in [-0.2, 0) is 21.9 Å². The standard InChI is InChI=1S/C21H24Cl2N2O2S/c1-14-5-4-6-16(9-14)11-25(15(2)21(27)24-3)20(26)13-28-12-17-7-8-18(22)10-19(17)23/h4-10,15H,11-13H2,1-3H3,(H,24,27)/t15-/m0/s1. The predicted octanol–water partition coefficient (Wildman–Crippen LogP) is 4.70. The zero-order chi connectivity index (χ0) is 20.7. The lowest BCUT2D eigenvalue weighted by atomic mass is 10.1. The van der Waals surface area contributed by atoms with Gasteiger partial charge in [-0.05, 0) is 37.1 Å². The monoisotopic (exact) mass is 438 g/mol. The molecule has 0 aliphatic carbocycles. The Balaban J connectivity index is 2.06. The summed E-state index contributed by atoms with van der Waals surface area (Å²) in [5.41, 5.74) is 3.03. The van der Waals surface area contributed by atoms with Crippen molar-refractivity contribution >= 4 is 46.8 Å². The maximum Gasteiger partial charge on any atom is 0.242 e. The van der Waals surface area contributed by atoms with Crippen LogP contribution in [0.2, 0.25) is 10.0 Å². The number of thioether (sulfide) groups is 1. The number of aryl methyl sites for hydroxylation is 1. The average Bonchev–Trinajstić information content (AvgIpc) is 2.66. The van der Waals surface area contributed by atoms with Crippen molar-refractivity contribution < 1.29 is 9.59 Å². The minimum atomic E-state index is -0.558. The van der Waals surface area contributed by atoms with E-state index in [2.05, 4.69) is 5.32 Å². The van der Waals surface area contributed by atoms with Gasteiger partial charge in [0.15, 0.2) is 0 Å². The molecule has 0 aromatic heterocycles. The molecule has 0 aliphatic heterocycles. The van der Waals surface area contributed by atoms with Crippen molar-refractivity contribution in [1.82, 2.24) is 10.2 Å². The maximum absolute atomic E-state index is 12.9. The Bertz CT molecular complexity index is 845. The molecule has 0 fully saturated rings. The summed E-state index contributed by atoms with van der Waals surface area (Å²) in [6.45, 7) is 4.13. The minimum Gasteiger partial charge on any atom is -0.357 e. The molecule has 0 saturated carbocycles. The minimum absolute atomic E-state index is 0.0901. The van der Waals surface area contributed by atoms with Gasteiger partial charge in [0.25, 0.3) is 0 Å². The Kier molecular flexibility index (Phi) is 8.67. The fraction of sp³-hybridized carbons (Fsp3) is 0.333. The number of likely N-dealkylation sites (N-methyl/N-ethyl adjacent to an activating group) is 1. The molecule has 1 N–H and O–H groups in total. The van der Waals surface area contributed by atoms with Gasteiger partial charge in [0.2, 0.25) is 11.8 Å². The lowest BCUT2D eigenvalue weighted by Crippen LogP contribution is -2.47. The molecule has 0 radical (unpaired) electrons. The summed E-state index contributed by atoms with van der Waals surface area (Å²) >= 11 is 13.6. The fourth-order valence-corrected chi connectivity index (χ4v) is 4.24. The number of halogens is 2. The predicted molar refractivity (Wildman–Crippen MR) is 118 cm³/mol. The van der Waals surface area contributed by atoms with Crippen molar-refractivity contribution in [2.45, 2.75) is 32.2 Å². The Morgan fingerprint density at radius 2 is 1.93 bits per heavy atom. The smallest absolute Gasteiger partial charge is 0.242 e. The quantitative estimate of drug-likeness (QED) is 0.649. The summed E-state index contributed by atoms with van der Waals surface area (Å²) in [6, 6.07) is 12.7. The molecule has 150 valence electrons. The summed E-state index contributed by atoms with van der Waals surface area (Å²) in [7, 11) is 1.57. The van der Waals surface area contributed by atoms with E-state index in [1.54, 1.807) is 31.0 Å². The Hall–Kier alpha value is -1.69. The molecular formula is C21H24Cl2N2O2S. The number of nitrogens with one attached hydrogen (secondary N) is 1. The molecule has 2 amide bonds. The number of carbonyl (C=O) groups excluding carboxylic acids is 2. The first-order valence-electron chi connectivity index (χ1n) is 8.90. The third kappa shape index (κ3) is 6.43. The van der Waals surface area contributed by atoms with Crippen molar-refractivity contribution in [3.63, 3.8) is 0 Å². The highest BCUT2D eigenvalue weighted by Crippen LogP contribution is 2.25. The third-order valence-corrected chi connectivity index (χ3v) is 5.90. The summed E-state index contributed by atoms with van der Waals surface area (Å²) in [4.78, 5) is 26.7. The Morgan fingerprint density at radius 3 is 2.57 bits per heavy atom. The van der Waals surface area contributed by atoms with Gasteiger partial charge < -0.3 is 10.2 Å². The molecule has 2 aromatic rings. The van der Waals surface area contributed by atoms with E-state index in [1.165, 1.54) is 11.8 Å². The normalized spacial score (nSPS) is 11.8. The van der Waals surface area contributed by atoms with Gasteiger partial charge >= 0.3 is 0 Å². The lowest BCUT2D eigenvalue weighted by Gasteiger charge is -2.28. The maximum atomic E-state index is 12.9. The molecule has 2 aromatic carbocycles. The summed E-state index contributed by atoms with van der Waals surface area (Å²) < 4.78 is 0. The summed E-state index contributed by atoms with van der Waals surface area (Å²) in [5, 5.41) is 3.79. The van der Waals surface area contributed by atoms with E-state index in [-0.39, 0.29) is 17.6 Å². The lowest BCUT2D eigenvalue weighted by molar-refractivity contribution is -0.138. The number of rotatable bonds is 8. The number of amides is 2. The van der Waals surface area contributed by atoms with E-state index in [9.17, 15) is 9.59 Å². The first-order chi connectivity index (χ1) is 13.3. The summed E-state index contributed by atoms with van der Waals surface area (Å²) in [5.74, 6) is 0.569. The van der Waals surface area contributed by atoms with Crippen LogP contribution in [0, 0.1) is 6.92 Å². The van der Waals surface area contributed by atoms with Crippen LogP contribution in [-0.4, -0.2) is 35.6 Å². The van der Waals surface area contributed by atoms with Crippen molar-refractivity contribution in [3.8, 4) is 0 Å². The molecular weight excluding hydrogens is 415 g/mol. The topological polar surface area (TPSA) is 49.4 Å². The largest absolute Gasteiger partial charge is 0.357 e. The summed E-state index contributed by atoms with van der Waals surface area (Å²) in [6.07, 6.45) is 0. The van der Waals surface area contributed by atoms with E-state index in [0.29, 0.717) is 22.3 Å². The van der Waals surface area contributed by atoms with Crippen molar-refractivity contribution in [3.05, 3.63) is 69.2 Å². The van der Waals surface area contributed by atoms with E-state index in [0.717, 1.165) is 16.7 Å².